The normalized spacial score (nSPS) is 10.9. The molecule has 0 N–H and O–H groups in total. The lowest BCUT2D eigenvalue weighted by Crippen LogP contribution is -2.19. The number of anilines is 1. The predicted molar refractivity (Wildman–Crippen MR) is 70.3 cm³/mol. The molecule has 0 aromatic carbocycles. The summed E-state index contributed by atoms with van der Waals surface area (Å²) in [6.45, 7) is 5.37. The van der Waals surface area contributed by atoms with Crippen LogP contribution < -0.4 is 4.90 Å². The molecule has 0 spiro atoms. The van der Waals surface area contributed by atoms with Gasteiger partial charge in [0.2, 0.25) is 0 Å². The lowest BCUT2D eigenvalue weighted by molar-refractivity contribution is 0.761. The second-order valence-corrected chi connectivity index (χ2v) is 5.28. The summed E-state index contributed by atoms with van der Waals surface area (Å²) in [6.07, 6.45) is 4.07. The average molecular weight is 235 g/mol. The Hall–Kier alpha value is -1.16. The topological polar surface area (TPSA) is 29.0 Å². The van der Waals surface area contributed by atoms with Crippen molar-refractivity contribution >= 4 is 27.4 Å². The van der Waals surface area contributed by atoms with Gasteiger partial charge in [-0.25, -0.2) is 9.97 Å². The van der Waals surface area contributed by atoms with Crippen molar-refractivity contribution < 1.29 is 0 Å². The van der Waals surface area contributed by atoms with E-state index in [2.05, 4.69) is 41.8 Å². The molecule has 0 radical (unpaired) electrons. The maximum absolute atomic E-state index is 4.39. The van der Waals surface area contributed by atoms with Gasteiger partial charge in [-0.3, -0.25) is 0 Å². The minimum Gasteiger partial charge on any atom is -0.359 e. The highest BCUT2D eigenvalue weighted by Gasteiger charge is 2.10. The third-order valence-corrected chi connectivity index (χ3v) is 3.60. The van der Waals surface area contributed by atoms with Crippen LogP contribution in [-0.4, -0.2) is 23.6 Å². The highest BCUT2D eigenvalue weighted by molar-refractivity contribution is 7.18. The molecule has 2 aromatic rings. The lowest BCUT2D eigenvalue weighted by atomic mass is 10.3. The predicted octanol–water partition coefficient (Wildman–Crippen LogP) is 3.24. The van der Waals surface area contributed by atoms with Gasteiger partial charge >= 0.3 is 0 Å². The van der Waals surface area contributed by atoms with E-state index in [1.807, 2.05) is 0 Å². The molecule has 86 valence electrons. The third-order valence-electron chi connectivity index (χ3n) is 2.64. The minimum absolute atomic E-state index is 1.05. The molecule has 0 amide bonds. The molecule has 16 heavy (non-hydrogen) atoms. The smallest absolute Gasteiger partial charge is 0.140 e. The molecule has 2 heterocycles. The second-order valence-electron chi connectivity index (χ2n) is 4.05. The first-order chi connectivity index (χ1) is 7.72. The van der Waals surface area contributed by atoms with Crippen LogP contribution in [0.4, 0.5) is 5.82 Å². The van der Waals surface area contributed by atoms with Crippen LogP contribution in [0.3, 0.4) is 0 Å². The summed E-state index contributed by atoms with van der Waals surface area (Å²) in [4.78, 5) is 13.3. The fourth-order valence-electron chi connectivity index (χ4n) is 1.77. The number of hydrogen-bond donors (Lipinski definition) is 0. The standard InChI is InChI=1S/C12H17N3S/c1-4-5-6-15(3)11-10-7-9(2)16-12(10)14-8-13-11/h7-8H,4-6H2,1-3H3. The Kier molecular flexibility index (Phi) is 3.39. The van der Waals surface area contributed by atoms with Gasteiger partial charge < -0.3 is 4.90 Å². The summed E-state index contributed by atoms with van der Waals surface area (Å²) >= 11 is 1.73. The van der Waals surface area contributed by atoms with E-state index in [1.165, 1.54) is 23.1 Å². The van der Waals surface area contributed by atoms with E-state index >= 15 is 0 Å². The Morgan fingerprint density at radius 1 is 1.38 bits per heavy atom. The number of unbranched alkanes of at least 4 members (excludes halogenated alkanes) is 1. The fraction of sp³-hybridized carbons (Fsp3) is 0.500. The van der Waals surface area contributed by atoms with Crippen LogP contribution in [0.1, 0.15) is 24.6 Å². The van der Waals surface area contributed by atoms with Gasteiger partial charge in [0.1, 0.15) is 17.0 Å². The first kappa shape index (κ1) is 11.3. The van der Waals surface area contributed by atoms with Crippen molar-refractivity contribution in [1.82, 2.24) is 9.97 Å². The highest BCUT2D eigenvalue weighted by atomic mass is 32.1. The zero-order chi connectivity index (χ0) is 11.5. The van der Waals surface area contributed by atoms with Gasteiger partial charge in [0.25, 0.3) is 0 Å². The second kappa shape index (κ2) is 4.78. The SMILES string of the molecule is CCCCN(C)c1ncnc2sc(C)cc12. The minimum atomic E-state index is 1.05. The molecule has 0 aliphatic rings. The number of thiophene rings is 1. The molecular weight excluding hydrogens is 218 g/mol. The molecule has 0 fully saturated rings. The fourth-order valence-corrected chi connectivity index (χ4v) is 2.61. The average Bonchev–Trinajstić information content (AvgIpc) is 2.65. The molecule has 0 bridgehead atoms. The van der Waals surface area contributed by atoms with Crippen LogP contribution >= 0.6 is 11.3 Å². The van der Waals surface area contributed by atoms with Crippen molar-refractivity contribution in [1.29, 1.82) is 0 Å². The zero-order valence-corrected chi connectivity index (χ0v) is 10.8. The van der Waals surface area contributed by atoms with Crippen molar-refractivity contribution in [3.8, 4) is 0 Å². The molecular formula is C12H17N3S. The Labute approximate surface area is 100 Å². The van der Waals surface area contributed by atoms with Gasteiger partial charge in [-0.1, -0.05) is 13.3 Å². The molecule has 2 rings (SSSR count). The number of nitrogens with zero attached hydrogens (tertiary/aromatic N) is 3. The summed E-state index contributed by atoms with van der Waals surface area (Å²) in [5, 5.41) is 1.18. The summed E-state index contributed by atoms with van der Waals surface area (Å²) < 4.78 is 0. The molecule has 0 saturated heterocycles. The van der Waals surface area contributed by atoms with E-state index in [0.29, 0.717) is 0 Å². The number of fused-ring (bicyclic) bond motifs is 1. The van der Waals surface area contributed by atoms with E-state index in [0.717, 1.165) is 17.2 Å². The van der Waals surface area contributed by atoms with E-state index in [9.17, 15) is 0 Å². The highest BCUT2D eigenvalue weighted by Crippen LogP contribution is 2.29. The van der Waals surface area contributed by atoms with Gasteiger partial charge in [-0.05, 0) is 19.4 Å². The Balaban J connectivity index is 2.35. The molecule has 0 aliphatic heterocycles. The molecule has 0 atom stereocenters. The molecule has 0 saturated carbocycles. The van der Waals surface area contributed by atoms with Crippen molar-refractivity contribution in [2.24, 2.45) is 0 Å². The Morgan fingerprint density at radius 3 is 2.94 bits per heavy atom. The number of hydrogen-bond acceptors (Lipinski definition) is 4. The van der Waals surface area contributed by atoms with Gasteiger partial charge in [-0.15, -0.1) is 11.3 Å². The van der Waals surface area contributed by atoms with Gasteiger partial charge in [0.05, 0.1) is 5.39 Å². The summed E-state index contributed by atoms with van der Waals surface area (Å²) in [5.41, 5.74) is 0. The van der Waals surface area contributed by atoms with Gasteiger partial charge in [0.15, 0.2) is 0 Å². The molecule has 2 aromatic heterocycles. The molecule has 0 unspecified atom stereocenters. The Morgan fingerprint density at radius 2 is 2.19 bits per heavy atom. The van der Waals surface area contributed by atoms with E-state index in [-0.39, 0.29) is 0 Å². The van der Waals surface area contributed by atoms with Crippen molar-refractivity contribution in [2.75, 3.05) is 18.5 Å². The van der Waals surface area contributed by atoms with E-state index < -0.39 is 0 Å². The first-order valence-corrected chi connectivity index (χ1v) is 6.46. The van der Waals surface area contributed by atoms with Crippen LogP contribution in [0.5, 0.6) is 0 Å². The third kappa shape index (κ3) is 2.16. The molecule has 0 aliphatic carbocycles. The van der Waals surface area contributed by atoms with Crippen LogP contribution in [-0.2, 0) is 0 Å². The molecule has 3 nitrogen and oxygen atoms in total. The van der Waals surface area contributed by atoms with Crippen LogP contribution in [0.15, 0.2) is 12.4 Å². The molecule has 4 heteroatoms. The van der Waals surface area contributed by atoms with Gasteiger partial charge in [0, 0.05) is 18.5 Å². The maximum atomic E-state index is 4.39. The quantitative estimate of drug-likeness (QED) is 0.814. The first-order valence-electron chi connectivity index (χ1n) is 5.64. The van der Waals surface area contributed by atoms with Crippen molar-refractivity contribution in [2.45, 2.75) is 26.7 Å². The van der Waals surface area contributed by atoms with Crippen molar-refractivity contribution in [3.63, 3.8) is 0 Å². The largest absolute Gasteiger partial charge is 0.359 e. The lowest BCUT2D eigenvalue weighted by Gasteiger charge is -2.17. The van der Waals surface area contributed by atoms with Crippen LogP contribution in [0.2, 0.25) is 0 Å². The zero-order valence-electron chi connectivity index (χ0n) is 10.0. The van der Waals surface area contributed by atoms with Crippen LogP contribution in [0.25, 0.3) is 10.2 Å². The number of aryl methyl sites for hydroxylation is 1. The summed E-state index contributed by atoms with van der Waals surface area (Å²) in [7, 11) is 2.10. The van der Waals surface area contributed by atoms with E-state index in [4.69, 9.17) is 0 Å². The summed E-state index contributed by atoms with van der Waals surface area (Å²) in [6, 6.07) is 2.18. The maximum Gasteiger partial charge on any atom is 0.140 e. The van der Waals surface area contributed by atoms with Crippen LogP contribution in [0, 0.1) is 6.92 Å². The van der Waals surface area contributed by atoms with Gasteiger partial charge in [-0.2, -0.15) is 0 Å². The monoisotopic (exact) mass is 235 g/mol. The van der Waals surface area contributed by atoms with E-state index in [1.54, 1.807) is 17.7 Å². The number of rotatable bonds is 4. The number of aromatic nitrogens is 2. The Bertz CT molecular complexity index is 478. The summed E-state index contributed by atoms with van der Waals surface area (Å²) in [5.74, 6) is 1.06. The van der Waals surface area contributed by atoms with Crippen molar-refractivity contribution in [3.05, 3.63) is 17.3 Å².